The first-order valence-electron chi connectivity index (χ1n) is 4.70. The second-order valence-corrected chi connectivity index (χ2v) is 3.65. The summed E-state index contributed by atoms with van der Waals surface area (Å²) in [6.45, 7) is 0. The van der Waals surface area contributed by atoms with Gasteiger partial charge in [-0.05, 0) is 12.1 Å². The molecule has 1 heterocycles. The van der Waals surface area contributed by atoms with Gasteiger partial charge in [-0.2, -0.15) is 0 Å². The number of aromatic nitrogens is 1. The molecule has 6 heteroatoms. The molecule has 0 radical (unpaired) electrons. The van der Waals surface area contributed by atoms with E-state index in [1.54, 1.807) is 0 Å². The van der Waals surface area contributed by atoms with E-state index in [1.807, 2.05) is 0 Å². The molecule has 0 saturated heterocycles. The fraction of sp³-hybridized carbons (Fsp3) is 0.0909. The average Bonchev–Trinajstić information content (AvgIpc) is 2.26. The minimum Gasteiger partial charge on any atom is -0.504 e. The maximum atomic E-state index is 11.7. The Hall–Kier alpha value is -2.50. The number of carboxylic acids is 1. The van der Waals surface area contributed by atoms with E-state index < -0.39 is 23.0 Å². The van der Waals surface area contributed by atoms with Crippen LogP contribution in [0.3, 0.4) is 0 Å². The van der Waals surface area contributed by atoms with Crippen LogP contribution in [0.1, 0.15) is 10.4 Å². The summed E-state index contributed by atoms with van der Waals surface area (Å²) in [4.78, 5) is 22.8. The van der Waals surface area contributed by atoms with E-state index in [4.69, 9.17) is 5.11 Å². The molecule has 0 unspecified atom stereocenters. The zero-order valence-electron chi connectivity index (χ0n) is 8.84. The molecule has 88 valence electrons. The number of fused-ring (bicyclic) bond motifs is 1. The van der Waals surface area contributed by atoms with Crippen LogP contribution in [0.4, 0.5) is 0 Å². The monoisotopic (exact) mass is 235 g/mol. The number of phenols is 2. The molecule has 0 amide bonds. The zero-order valence-corrected chi connectivity index (χ0v) is 8.84. The number of aromatic hydroxyl groups is 2. The van der Waals surface area contributed by atoms with Crippen LogP contribution >= 0.6 is 0 Å². The summed E-state index contributed by atoms with van der Waals surface area (Å²) in [6, 6.07) is 2.12. The first-order valence-corrected chi connectivity index (χ1v) is 4.70. The summed E-state index contributed by atoms with van der Waals surface area (Å²) >= 11 is 0. The van der Waals surface area contributed by atoms with Gasteiger partial charge in [-0.25, -0.2) is 4.79 Å². The maximum Gasteiger partial charge on any atom is 0.337 e. The van der Waals surface area contributed by atoms with Gasteiger partial charge in [0.1, 0.15) is 0 Å². The molecule has 6 nitrogen and oxygen atoms in total. The molecule has 1 aromatic heterocycles. The maximum absolute atomic E-state index is 11.7. The molecule has 0 aliphatic rings. The third kappa shape index (κ3) is 1.59. The van der Waals surface area contributed by atoms with Gasteiger partial charge in [0.25, 0.3) is 5.56 Å². The number of phenolic OH excluding ortho intramolecular Hbond substituents is 2. The van der Waals surface area contributed by atoms with E-state index in [9.17, 15) is 19.8 Å². The fourth-order valence-corrected chi connectivity index (χ4v) is 1.66. The molecule has 0 aliphatic carbocycles. The van der Waals surface area contributed by atoms with Gasteiger partial charge in [0.15, 0.2) is 11.5 Å². The van der Waals surface area contributed by atoms with Gasteiger partial charge in [0.05, 0.1) is 10.9 Å². The number of aryl methyl sites for hydroxylation is 1. The second kappa shape index (κ2) is 3.51. The number of hydrogen-bond donors (Lipinski definition) is 3. The van der Waals surface area contributed by atoms with Crippen LogP contribution in [-0.2, 0) is 7.05 Å². The SMILES string of the molecule is Cn1cc(C(=O)O)c2cc(O)c(O)cc2c1=O. The fourth-order valence-electron chi connectivity index (χ4n) is 1.66. The standard InChI is InChI=1S/C11H9NO5/c1-12-4-7(11(16)17)5-2-8(13)9(14)3-6(5)10(12)15/h2-4,13-14H,1H3,(H,16,17). The molecule has 0 fully saturated rings. The van der Waals surface area contributed by atoms with Crippen LogP contribution in [0.25, 0.3) is 10.8 Å². The normalized spacial score (nSPS) is 10.6. The summed E-state index contributed by atoms with van der Waals surface area (Å²) in [6.07, 6.45) is 1.17. The molecule has 0 bridgehead atoms. The average molecular weight is 235 g/mol. The number of carbonyl (C=O) groups is 1. The Morgan fingerprint density at radius 3 is 2.24 bits per heavy atom. The smallest absolute Gasteiger partial charge is 0.337 e. The van der Waals surface area contributed by atoms with Gasteiger partial charge in [0, 0.05) is 18.6 Å². The highest BCUT2D eigenvalue weighted by Crippen LogP contribution is 2.30. The van der Waals surface area contributed by atoms with Crippen LogP contribution in [0.2, 0.25) is 0 Å². The Labute approximate surface area is 95.0 Å². The third-order valence-corrected chi connectivity index (χ3v) is 2.51. The summed E-state index contributed by atoms with van der Waals surface area (Å²) in [5.74, 6) is -2.14. The molecule has 17 heavy (non-hydrogen) atoms. The number of carboxylic acid groups (broad SMARTS) is 1. The van der Waals surface area contributed by atoms with Crippen molar-refractivity contribution in [2.75, 3.05) is 0 Å². The first-order chi connectivity index (χ1) is 7.91. The van der Waals surface area contributed by atoms with Crippen LogP contribution in [0, 0.1) is 0 Å². The zero-order chi connectivity index (χ0) is 12.7. The van der Waals surface area contributed by atoms with E-state index in [2.05, 4.69) is 0 Å². The minimum atomic E-state index is -1.21. The molecule has 3 N–H and O–H groups in total. The van der Waals surface area contributed by atoms with Gasteiger partial charge >= 0.3 is 5.97 Å². The summed E-state index contributed by atoms with van der Waals surface area (Å²) in [7, 11) is 1.41. The highest BCUT2D eigenvalue weighted by atomic mass is 16.4. The minimum absolute atomic E-state index is 0.0442. The number of hydrogen-bond acceptors (Lipinski definition) is 4. The third-order valence-electron chi connectivity index (χ3n) is 2.51. The van der Waals surface area contributed by atoms with Crippen molar-refractivity contribution in [2.45, 2.75) is 0 Å². The van der Waals surface area contributed by atoms with Crippen LogP contribution in [0.5, 0.6) is 11.5 Å². The van der Waals surface area contributed by atoms with Crippen LogP contribution < -0.4 is 5.56 Å². The van der Waals surface area contributed by atoms with Gasteiger partial charge in [-0.1, -0.05) is 0 Å². The second-order valence-electron chi connectivity index (χ2n) is 3.65. The lowest BCUT2D eigenvalue weighted by Gasteiger charge is -2.07. The van der Waals surface area contributed by atoms with Crippen molar-refractivity contribution in [2.24, 2.45) is 7.05 Å². The molecular formula is C11H9NO5. The number of pyridine rings is 1. The predicted octanol–water partition coefficient (Wildman–Crippen LogP) is 0.648. The van der Waals surface area contributed by atoms with Crippen molar-refractivity contribution in [3.63, 3.8) is 0 Å². The number of aromatic carboxylic acids is 1. The van der Waals surface area contributed by atoms with Crippen molar-refractivity contribution < 1.29 is 20.1 Å². The van der Waals surface area contributed by atoms with E-state index in [0.717, 1.165) is 16.7 Å². The summed E-state index contributed by atoms with van der Waals surface area (Å²) in [5.41, 5.74) is -0.558. The Kier molecular flexibility index (Phi) is 2.27. The van der Waals surface area contributed by atoms with Gasteiger partial charge in [0.2, 0.25) is 0 Å². The quantitative estimate of drug-likeness (QED) is 0.630. The van der Waals surface area contributed by atoms with Crippen LogP contribution in [0.15, 0.2) is 23.1 Å². The van der Waals surface area contributed by atoms with Crippen molar-refractivity contribution in [1.29, 1.82) is 0 Å². The molecule has 0 aliphatic heterocycles. The van der Waals surface area contributed by atoms with Gasteiger partial charge < -0.3 is 19.9 Å². The van der Waals surface area contributed by atoms with E-state index in [-0.39, 0.29) is 16.3 Å². The topological polar surface area (TPSA) is 99.8 Å². The Balaban J connectivity index is 3.04. The molecular weight excluding hydrogens is 226 g/mol. The molecule has 0 spiro atoms. The van der Waals surface area contributed by atoms with Crippen molar-refractivity contribution >= 4 is 16.7 Å². The highest BCUT2D eigenvalue weighted by molar-refractivity contribution is 6.03. The summed E-state index contributed by atoms with van der Waals surface area (Å²) in [5, 5.41) is 27.8. The van der Waals surface area contributed by atoms with Gasteiger partial charge in [-0.3, -0.25) is 4.79 Å². The largest absolute Gasteiger partial charge is 0.504 e. The van der Waals surface area contributed by atoms with Gasteiger partial charge in [-0.15, -0.1) is 0 Å². The number of nitrogens with zero attached hydrogens (tertiary/aromatic N) is 1. The van der Waals surface area contributed by atoms with E-state index >= 15 is 0 Å². The molecule has 0 atom stereocenters. The summed E-state index contributed by atoms with van der Waals surface area (Å²) < 4.78 is 1.11. The Bertz CT molecular complexity index is 686. The lowest BCUT2D eigenvalue weighted by molar-refractivity contribution is 0.0698. The van der Waals surface area contributed by atoms with Crippen molar-refractivity contribution in [3.05, 3.63) is 34.2 Å². The highest BCUT2D eigenvalue weighted by Gasteiger charge is 2.15. The predicted molar refractivity (Wildman–Crippen MR) is 59.5 cm³/mol. The van der Waals surface area contributed by atoms with E-state index in [1.165, 1.54) is 13.2 Å². The molecule has 2 rings (SSSR count). The van der Waals surface area contributed by atoms with Crippen molar-refractivity contribution in [3.8, 4) is 11.5 Å². The Morgan fingerprint density at radius 1 is 1.18 bits per heavy atom. The lowest BCUT2D eigenvalue weighted by Crippen LogP contribution is -2.18. The van der Waals surface area contributed by atoms with Crippen molar-refractivity contribution in [1.82, 2.24) is 4.57 Å². The van der Waals surface area contributed by atoms with Crippen LogP contribution in [-0.4, -0.2) is 25.9 Å². The van der Waals surface area contributed by atoms with E-state index in [0.29, 0.717) is 0 Å². The molecule has 1 aromatic carbocycles. The number of benzene rings is 1. The lowest BCUT2D eigenvalue weighted by atomic mass is 10.1. The molecule has 2 aromatic rings. The first kappa shape index (κ1) is 11.0. The molecule has 0 saturated carbocycles. The Morgan fingerprint density at radius 2 is 1.71 bits per heavy atom. The number of rotatable bonds is 1.